The predicted octanol–water partition coefficient (Wildman–Crippen LogP) is 0.869. The van der Waals surface area contributed by atoms with Gasteiger partial charge < -0.3 is 10.1 Å². The van der Waals surface area contributed by atoms with Crippen molar-refractivity contribution in [2.24, 2.45) is 5.92 Å². The highest BCUT2D eigenvalue weighted by Crippen LogP contribution is 2.18. The summed E-state index contributed by atoms with van der Waals surface area (Å²) in [5.74, 6) is -0.347. The van der Waals surface area contributed by atoms with E-state index in [0.29, 0.717) is 13.2 Å². The number of hydrogen-bond donors (Lipinski definition) is 1. The lowest BCUT2D eigenvalue weighted by Gasteiger charge is -2.21. The van der Waals surface area contributed by atoms with Crippen LogP contribution >= 0.6 is 0 Å². The number of aryl methyl sites for hydroxylation is 2. The van der Waals surface area contributed by atoms with Crippen LogP contribution in [0.2, 0.25) is 0 Å². The van der Waals surface area contributed by atoms with E-state index in [2.05, 4.69) is 5.32 Å². The second-order valence-corrected chi connectivity index (χ2v) is 8.87. The molecular formula is C17H26N2O4S. The van der Waals surface area contributed by atoms with Gasteiger partial charge in [-0.2, -0.15) is 0 Å². The summed E-state index contributed by atoms with van der Waals surface area (Å²) in [6.45, 7) is 4.68. The van der Waals surface area contributed by atoms with Crippen LogP contribution in [0.5, 0.6) is 0 Å². The first-order chi connectivity index (χ1) is 11.2. The maximum atomic E-state index is 12.4. The van der Waals surface area contributed by atoms with Gasteiger partial charge in [0.15, 0.2) is 0 Å². The van der Waals surface area contributed by atoms with Crippen molar-refractivity contribution in [2.45, 2.75) is 26.3 Å². The van der Waals surface area contributed by atoms with E-state index in [1.54, 1.807) is 0 Å². The van der Waals surface area contributed by atoms with Crippen LogP contribution in [0.3, 0.4) is 0 Å². The summed E-state index contributed by atoms with van der Waals surface area (Å²) in [4.78, 5) is 12.4. The molecule has 1 aromatic carbocycles. The number of ether oxygens (including phenoxy) is 1. The number of sulfonamides is 1. The first kappa shape index (κ1) is 18.9. The van der Waals surface area contributed by atoms with Gasteiger partial charge in [-0.1, -0.05) is 23.8 Å². The van der Waals surface area contributed by atoms with Crippen molar-refractivity contribution < 1.29 is 17.9 Å². The summed E-state index contributed by atoms with van der Waals surface area (Å²) in [6, 6.07) is 5.76. The molecule has 7 heteroatoms. The molecule has 0 aliphatic carbocycles. The molecule has 1 saturated heterocycles. The molecule has 0 spiro atoms. The van der Waals surface area contributed by atoms with E-state index >= 15 is 0 Å². The summed E-state index contributed by atoms with van der Waals surface area (Å²) in [7, 11) is -0.293. The predicted molar refractivity (Wildman–Crippen MR) is 93.3 cm³/mol. The van der Waals surface area contributed by atoms with Gasteiger partial charge in [-0.25, -0.2) is 12.7 Å². The Bertz CT molecular complexity index is 701. The van der Waals surface area contributed by atoms with Gasteiger partial charge >= 0.3 is 0 Å². The molecule has 1 amide bonds. The van der Waals surface area contributed by atoms with Crippen LogP contribution in [0.1, 0.15) is 16.7 Å². The molecule has 1 aliphatic heterocycles. The molecule has 6 nitrogen and oxygen atoms in total. The van der Waals surface area contributed by atoms with E-state index in [1.165, 1.54) is 18.4 Å². The van der Waals surface area contributed by atoms with Gasteiger partial charge in [0, 0.05) is 20.0 Å². The third-order valence-corrected chi connectivity index (χ3v) is 6.34. The number of benzene rings is 1. The minimum Gasteiger partial charge on any atom is -0.379 e. The van der Waals surface area contributed by atoms with Crippen LogP contribution in [0.25, 0.3) is 0 Å². The normalized spacial score (nSPS) is 21.2. The summed E-state index contributed by atoms with van der Waals surface area (Å²) in [5, 5.41) is 2.94. The summed E-state index contributed by atoms with van der Waals surface area (Å²) in [6.07, 6.45) is 0.289. The smallest absolute Gasteiger partial charge is 0.224 e. The lowest BCUT2D eigenvalue weighted by Crippen LogP contribution is -2.44. The van der Waals surface area contributed by atoms with Gasteiger partial charge in [0.2, 0.25) is 15.9 Å². The van der Waals surface area contributed by atoms with Crippen LogP contribution < -0.4 is 5.32 Å². The Kier molecular flexibility index (Phi) is 6.01. The average Bonchev–Trinajstić information content (AvgIpc) is 2.89. The van der Waals surface area contributed by atoms with Crippen LogP contribution in [-0.4, -0.2) is 57.7 Å². The zero-order chi connectivity index (χ0) is 17.9. The molecule has 1 N–H and O–H groups in total. The third kappa shape index (κ3) is 4.78. The highest BCUT2D eigenvalue weighted by Gasteiger charge is 2.34. The Hall–Kier alpha value is -1.44. The Labute approximate surface area is 144 Å². The molecule has 1 heterocycles. The number of nitrogens with one attached hydrogen (secondary N) is 1. The highest BCUT2D eigenvalue weighted by molar-refractivity contribution is 7.89. The van der Waals surface area contributed by atoms with E-state index < -0.39 is 10.0 Å². The number of nitrogens with zero attached hydrogens (tertiary/aromatic N) is 1. The van der Waals surface area contributed by atoms with Crippen LogP contribution in [0, 0.1) is 19.8 Å². The summed E-state index contributed by atoms with van der Waals surface area (Å²) < 4.78 is 30.7. The first-order valence-corrected chi connectivity index (χ1v) is 9.63. The van der Waals surface area contributed by atoms with E-state index in [-0.39, 0.29) is 30.0 Å². The minimum absolute atomic E-state index is 0.0194. The van der Waals surface area contributed by atoms with Crippen molar-refractivity contribution >= 4 is 15.9 Å². The van der Waals surface area contributed by atoms with Gasteiger partial charge in [0.25, 0.3) is 0 Å². The van der Waals surface area contributed by atoms with Gasteiger partial charge in [-0.3, -0.25) is 4.79 Å². The van der Waals surface area contributed by atoms with Gasteiger partial charge in [0.05, 0.1) is 31.4 Å². The van der Waals surface area contributed by atoms with E-state index in [0.717, 1.165) is 16.7 Å². The van der Waals surface area contributed by atoms with E-state index in [4.69, 9.17) is 4.74 Å². The van der Waals surface area contributed by atoms with Crippen LogP contribution in [-0.2, 0) is 26.0 Å². The monoisotopic (exact) mass is 354 g/mol. The molecule has 134 valence electrons. The fourth-order valence-electron chi connectivity index (χ4n) is 2.76. The minimum atomic E-state index is -3.32. The Morgan fingerprint density at radius 3 is 2.67 bits per heavy atom. The molecule has 0 radical (unpaired) electrons. The first-order valence-electron chi connectivity index (χ1n) is 8.02. The van der Waals surface area contributed by atoms with Crippen LogP contribution in [0.4, 0.5) is 0 Å². The number of amides is 1. The molecule has 0 saturated carbocycles. The van der Waals surface area contributed by atoms with Crippen LogP contribution in [0.15, 0.2) is 18.2 Å². The van der Waals surface area contributed by atoms with Crippen molar-refractivity contribution in [2.75, 3.05) is 33.1 Å². The van der Waals surface area contributed by atoms with Crippen molar-refractivity contribution in [3.05, 3.63) is 34.9 Å². The maximum absolute atomic E-state index is 12.4. The molecule has 1 aliphatic rings. The number of hydrogen-bond acceptors (Lipinski definition) is 4. The lowest BCUT2D eigenvalue weighted by atomic mass is 10.0. The Morgan fingerprint density at radius 2 is 2.00 bits per heavy atom. The third-order valence-electron chi connectivity index (χ3n) is 4.38. The average molecular weight is 354 g/mol. The quantitative estimate of drug-likeness (QED) is 0.822. The molecule has 2 atom stereocenters. The summed E-state index contributed by atoms with van der Waals surface area (Å²) >= 11 is 0. The van der Waals surface area contributed by atoms with E-state index in [1.807, 2.05) is 32.0 Å². The van der Waals surface area contributed by atoms with Gasteiger partial charge in [-0.05, 0) is 25.0 Å². The molecule has 0 bridgehead atoms. The van der Waals surface area contributed by atoms with Crippen molar-refractivity contribution in [1.82, 2.24) is 9.62 Å². The zero-order valence-electron chi connectivity index (χ0n) is 14.7. The SMILES string of the molecule is Cc1ccc(C)c(CC(=O)N[C@@H]2COC[C@H]2CS(=O)(=O)N(C)C)c1. The largest absolute Gasteiger partial charge is 0.379 e. The lowest BCUT2D eigenvalue weighted by molar-refractivity contribution is -0.121. The fraction of sp³-hybridized carbons (Fsp3) is 0.588. The fourth-order valence-corrected chi connectivity index (χ4v) is 3.93. The number of rotatable bonds is 6. The molecule has 1 fully saturated rings. The van der Waals surface area contributed by atoms with Gasteiger partial charge in [-0.15, -0.1) is 0 Å². The van der Waals surface area contributed by atoms with E-state index in [9.17, 15) is 13.2 Å². The standard InChI is InChI=1S/C17H26N2O4S/c1-12-5-6-13(2)14(7-12)8-17(20)18-16-10-23-9-15(16)11-24(21,22)19(3)4/h5-7,15-16H,8-11H2,1-4H3,(H,18,20)/t15-,16+/m0/s1. The number of carbonyl (C=O) groups is 1. The summed E-state index contributed by atoms with van der Waals surface area (Å²) in [5.41, 5.74) is 3.18. The van der Waals surface area contributed by atoms with Gasteiger partial charge in [0.1, 0.15) is 0 Å². The number of carbonyl (C=O) groups excluding carboxylic acids is 1. The highest BCUT2D eigenvalue weighted by atomic mass is 32.2. The maximum Gasteiger partial charge on any atom is 0.224 e. The second-order valence-electron chi connectivity index (χ2n) is 6.64. The second kappa shape index (κ2) is 7.63. The van der Waals surface area contributed by atoms with Crippen molar-refractivity contribution in [3.63, 3.8) is 0 Å². The van der Waals surface area contributed by atoms with Crippen molar-refractivity contribution in [1.29, 1.82) is 0 Å². The molecule has 0 unspecified atom stereocenters. The molecule has 0 aromatic heterocycles. The topological polar surface area (TPSA) is 75.7 Å². The Morgan fingerprint density at radius 1 is 1.29 bits per heavy atom. The Balaban J connectivity index is 1.99. The zero-order valence-corrected chi connectivity index (χ0v) is 15.5. The molecular weight excluding hydrogens is 328 g/mol. The van der Waals surface area contributed by atoms with Crippen molar-refractivity contribution in [3.8, 4) is 0 Å². The molecule has 24 heavy (non-hydrogen) atoms. The molecule has 2 rings (SSSR count). The molecule has 1 aromatic rings.